The molecule has 0 aromatic carbocycles. The van der Waals surface area contributed by atoms with Crippen molar-refractivity contribution < 1.29 is 0 Å². The Bertz CT molecular complexity index is 303. The van der Waals surface area contributed by atoms with E-state index in [2.05, 4.69) is 10.2 Å². The summed E-state index contributed by atoms with van der Waals surface area (Å²) in [6.45, 7) is 0. The van der Waals surface area contributed by atoms with E-state index in [1.54, 1.807) is 11.3 Å². The van der Waals surface area contributed by atoms with Gasteiger partial charge in [-0.15, -0.1) is 10.2 Å². The molecule has 16 heavy (non-hydrogen) atoms. The van der Waals surface area contributed by atoms with Gasteiger partial charge in [0.1, 0.15) is 5.01 Å². The van der Waals surface area contributed by atoms with Gasteiger partial charge in [0, 0.05) is 6.42 Å². The highest BCUT2D eigenvalue weighted by molar-refractivity contribution is 7.15. The number of nitrogens with two attached hydrogens (primary N) is 1. The van der Waals surface area contributed by atoms with E-state index in [9.17, 15) is 0 Å². The average molecular weight is 239 g/mol. The van der Waals surface area contributed by atoms with E-state index in [0.717, 1.165) is 17.3 Å². The third-order valence-corrected chi connectivity index (χ3v) is 4.29. The van der Waals surface area contributed by atoms with Gasteiger partial charge in [-0.25, -0.2) is 0 Å². The first-order valence-electron chi connectivity index (χ1n) is 6.42. The van der Waals surface area contributed by atoms with E-state index >= 15 is 0 Å². The summed E-state index contributed by atoms with van der Waals surface area (Å²) in [5.41, 5.74) is 5.58. The highest BCUT2D eigenvalue weighted by atomic mass is 32.1. The first kappa shape index (κ1) is 11.8. The molecule has 1 aromatic rings. The predicted octanol–water partition coefficient (Wildman–Crippen LogP) is 3.41. The van der Waals surface area contributed by atoms with Crippen molar-refractivity contribution in [2.24, 2.45) is 5.92 Å². The van der Waals surface area contributed by atoms with Crippen molar-refractivity contribution in [2.75, 3.05) is 5.73 Å². The van der Waals surface area contributed by atoms with Crippen molar-refractivity contribution in [1.29, 1.82) is 0 Å². The van der Waals surface area contributed by atoms with Crippen LogP contribution >= 0.6 is 11.3 Å². The van der Waals surface area contributed by atoms with E-state index in [0.29, 0.717) is 5.13 Å². The van der Waals surface area contributed by atoms with Crippen LogP contribution in [0.4, 0.5) is 5.13 Å². The van der Waals surface area contributed by atoms with Gasteiger partial charge in [-0.2, -0.15) is 0 Å². The molecule has 1 fully saturated rings. The van der Waals surface area contributed by atoms with Gasteiger partial charge in [-0.05, 0) is 12.3 Å². The third kappa shape index (κ3) is 3.74. The smallest absolute Gasteiger partial charge is 0.203 e. The third-order valence-electron chi connectivity index (χ3n) is 3.47. The number of aromatic nitrogens is 2. The number of nitrogen functional groups attached to an aromatic ring is 1. The Hall–Kier alpha value is -0.640. The molecule has 0 saturated heterocycles. The topological polar surface area (TPSA) is 51.8 Å². The summed E-state index contributed by atoms with van der Waals surface area (Å²) in [7, 11) is 0. The fraction of sp³-hybridized carbons (Fsp3) is 0.833. The van der Waals surface area contributed by atoms with Gasteiger partial charge >= 0.3 is 0 Å². The summed E-state index contributed by atoms with van der Waals surface area (Å²) in [5.74, 6) is 0.908. The molecule has 0 bridgehead atoms. The Balaban J connectivity index is 1.75. The molecule has 2 rings (SSSR count). The van der Waals surface area contributed by atoms with Crippen LogP contribution in [0.3, 0.4) is 0 Å². The van der Waals surface area contributed by atoms with Crippen LogP contribution in [0.25, 0.3) is 0 Å². The molecule has 90 valence electrons. The molecule has 0 spiro atoms. The lowest BCUT2D eigenvalue weighted by Crippen LogP contribution is -2.05. The highest BCUT2D eigenvalue weighted by Gasteiger charge is 2.12. The minimum Gasteiger partial charge on any atom is -0.374 e. The van der Waals surface area contributed by atoms with Crippen molar-refractivity contribution in [2.45, 2.75) is 57.8 Å². The monoisotopic (exact) mass is 239 g/mol. The Morgan fingerprint density at radius 1 is 1.06 bits per heavy atom. The second-order valence-electron chi connectivity index (χ2n) is 4.78. The van der Waals surface area contributed by atoms with Gasteiger partial charge in [-0.3, -0.25) is 0 Å². The van der Waals surface area contributed by atoms with Crippen LogP contribution in [0.15, 0.2) is 0 Å². The van der Waals surface area contributed by atoms with Crippen LogP contribution in [0, 0.1) is 5.92 Å². The maximum Gasteiger partial charge on any atom is 0.203 e. The lowest BCUT2D eigenvalue weighted by Gasteiger charge is -2.18. The molecule has 2 N–H and O–H groups in total. The molecule has 1 heterocycles. The van der Waals surface area contributed by atoms with Crippen molar-refractivity contribution in [3.05, 3.63) is 5.01 Å². The van der Waals surface area contributed by atoms with E-state index in [-0.39, 0.29) is 0 Å². The molecule has 1 aromatic heterocycles. The summed E-state index contributed by atoms with van der Waals surface area (Å²) in [6.07, 6.45) is 12.3. The fourth-order valence-corrected chi connectivity index (χ4v) is 3.15. The highest BCUT2D eigenvalue weighted by Crippen LogP contribution is 2.26. The molecule has 1 aliphatic carbocycles. The van der Waals surface area contributed by atoms with Crippen LogP contribution in [0.1, 0.15) is 56.4 Å². The van der Waals surface area contributed by atoms with Crippen LogP contribution in [0.5, 0.6) is 0 Å². The fourth-order valence-electron chi connectivity index (χ4n) is 2.52. The van der Waals surface area contributed by atoms with Gasteiger partial charge in [0.15, 0.2) is 0 Å². The summed E-state index contributed by atoms with van der Waals surface area (Å²) in [6, 6.07) is 0. The van der Waals surface area contributed by atoms with Crippen LogP contribution in [-0.4, -0.2) is 10.2 Å². The largest absolute Gasteiger partial charge is 0.374 e. The van der Waals surface area contributed by atoms with E-state index in [1.165, 1.54) is 51.4 Å². The maximum atomic E-state index is 5.58. The Morgan fingerprint density at radius 3 is 2.38 bits per heavy atom. The molecule has 0 radical (unpaired) electrons. The Labute approximate surface area is 101 Å². The molecule has 1 saturated carbocycles. The quantitative estimate of drug-likeness (QED) is 0.879. The molecule has 0 atom stereocenters. The molecular weight excluding hydrogens is 218 g/mol. The molecule has 0 amide bonds. The molecule has 4 heteroatoms. The van der Waals surface area contributed by atoms with Crippen molar-refractivity contribution in [1.82, 2.24) is 10.2 Å². The summed E-state index contributed by atoms with van der Waals surface area (Å²) in [5, 5.41) is 9.66. The molecule has 1 aliphatic rings. The molecule has 3 nitrogen and oxygen atoms in total. The number of rotatable bonds is 3. The number of hydrogen-bond donors (Lipinski definition) is 1. The summed E-state index contributed by atoms with van der Waals surface area (Å²) >= 11 is 1.54. The number of anilines is 1. The van der Waals surface area contributed by atoms with Crippen LogP contribution in [-0.2, 0) is 6.42 Å². The summed E-state index contributed by atoms with van der Waals surface area (Å²) in [4.78, 5) is 0. The lowest BCUT2D eigenvalue weighted by molar-refractivity contribution is 0.358. The van der Waals surface area contributed by atoms with Crippen molar-refractivity contribution >= 4 is 16.5 Å². The Kier molecular flexibility index (Phi) is 4.57. The maximum absolute atomic E-state index is 5.58. The second kappa shape index (κ2) is 6.18. The van der Waals surface area contributed by atoms with Gasteiger partial charge in [0.25, 0.3) is 0 Å². The van der Waals surface area contributed by atoms with Gasteiger partial charge < -0.3 is 5.73 Å². The van der Waals surface area contributed by atoms with Crippen molar-refractivity contribution in [3.8, 4) is 0 Å². The molecule has 0 unspecified atom stereocenters. The Morgan fingerprint density at radius 2 is 1.75 bits per heavy atom. The molecular formula is C12H21N3S. The number of aryl methyl sites for hydroxylation is 1. The summed E-state index contributed by atoms with van der Waals surface area (Å²) < 4.78 is 0. The van der Waals surface area contributed by atoms with E-state index in [1.807, 2.05) is 0 Å². The molecule has 0 aliphatic heterocycles. The zero-order valence-corrected chi connectivity index (χ0v) is 10.6. The normalized spacial score (nSPS) is 19.2. The van der Waals surface area contributed by atoms with Gasteiger partial charge in [0.05, 0.1) is 0 Å². The van der Waals surface area contributed by atoms with Gasteiger partial charge in [0.2, 0.25) is 5.13 Å². The zero-order valence-electron chi connectivity index (χ0n) is 9.82. The minimum atomic E-state index is 0.604. The first-order chi connectivity index (χ1) is 7.84. The first-order valence-corrected chi connectivity index (χ1v) is 7.24. The van der Waals surface area contributed by atoms with Crippen molar-refractivity contribution in [3.63, 3.8) is 0 Å². The van der Waals surface area contributed by atoms with E-state index < -0.39 is 0 Å². The predicted molar refractivity (Wildman–Crippen MR) is 68.5 cm³/mol. The second-order valence-corrected chi connectivity index (χ2v) is 5.88. The van der Waals surface area contributed by atoms with Crippen LogP contribution in [0.2, 0.25) is 0 Å². The minimum absolute atomic E-state index is 0.604. The standard InChI is InChI=1S/C12H21N3S/c13-12-15-14-11(16-12)9-8-10-6-4-2-1-3-5-7-10/h10H,1-9H2,(H2,13,15). The van der Waals surface area contributed by atoms with Crippen LogP contribution < -0.4 is 5.73 Å². The lowest BCUT2D eigenvalue weighted by atomic mass is 9.88. The van der Waals surface area contributed by atoms with Gasteiger partial charge in [-0.1, -0.05) is 56.3 Å². The SMILES string of the molecule is Nc1nnc(CCC2CCCCCCC2)s1. The zero-order chi connectivity index (χ0) is 11.2. The number of nitrogens with zero attached hydrogens (tertiary/aromatic N) is 2. The van der Waals surface area contributed by atoms with E-state index in [4.69, 9.17) is 5.73 Å². The average Bonchev–Trinajstić information content (AvgIpc) is 2.63. The number of hydrogen-bond acceptors (Lipinski definition) is 4.